The van der Waals surface area contributed by atoms with Gasteiger partial charge in [-0.15, -0.1) is 0 Å². The largest absolute Gasteiger partial charge is 0.497 e. The number of methoxy groups -OCH3 is 1. The topological polar surface area (TPSA) is 123 Å². The molecule has 4 N–H and O–H groups in total. The van der Waals surface area contributed by atoms with Crippen molar-refractivity contribution in [2.24, 2.45) is 0 Å². The van der Waals surface area contributed by atoms with Crippen LogP contribution in [0.3, 0.4) is 0 Å². The summed E-state index contributed by atoms with van der Waals surface area (Å²) in [5.74, 6) is 1.17. The summed E-state index contributed by atoms with van der Waals surface area (Å²) in [4.78, 5) is 4.27. The Balaban J connectivity index is 1.99. The zero-order valence-electron chi connectivity index (χ0n) is 14.8. The van der Waals surface area contributed by atoms with Crippen LogP contribution in [-0.2, 0) is 0 Å². The second-order valence-electron chi connectivity index (χ2n) is 6.18. The summed E-state index contributed by atoms with van der Waals surface area (Å²) in [6.07, 6.45) is 2.97. The number of nitrogens with one attached hydrogen (secondary N) is 1. The number of anilines is 1. The van der Waals surface area contributed by atoms with Gasteiger partial charge in [0.2, 0.25) is 0 Å². The van der Waals surface area contributed by atoms with Crippen LogP contribution in [0, 0.1) is 0 Å². The third-order valence-electron chi connectivity index (χ3n) is 4.47. The molecule has 0 amide bonds. The minimum Gasteiger partial charge on any atom is -0.497 e. The van der Waals surface area contributed by atoms with Crippen LogP contribution < -0.4 is 15.9 Å². The first-order valence-electron chi connectivity index (χ1n) is 8.35. The van der Waals surface area contributed by atoms with Crippen LogP contribution in [0.15, 0.2) is 42.9 Å². The summed E-state index contributed by atoms with van der Waals surface area (Å²) < 4.78 is 5.46. The van der Waals surface area contributed by atoms with E-state index in [0.29, 0.717) is 28.2 Å². The van der Waals surface area contributed by atoms with Gasteiger partial charge in [0.1, 0.15) is 12.1 Å². The van der Waals surface area contributed by atoms with E-state index < -0.39 is 6.92 Å². The summed E-state index contributed by atoms with van der Waals surface area (Å²) in [5, 5.41) is 25.9. The van der Waals surface area contributed by atoms with Gasteiger partial charge in [0.05, 0.1) is 24.5 Å². The van der Waals surface area contributed by atoms with Crippen LogP contribution in [-0.4, -0.2) is 44.4 Å². The van der Waals surface area contributed by atoms with Gasteiger partial charge >= 0.3 is 6.92 Å². The van der Waals surface area contributed by atoms with Gasteiger partial charge in [-0.05, 0) is 34.8 Å². The second-order valence-corrected chi connectivity index (χ2v) is 6.18. The molecule has 134 valence electrons. The molecule has 0 unspecified atom stereocenters. The minimum atomic E-state index is -0.696. The van der Waals surface area contributed by atoms with Crippen LogP contribution in [0.1, 0.15) is 0 Å². The number of nitrogens with two attached hydrogens (primary N) is 1. The number of rotatable bonds is 4. The minimum absolute atomic E-state index is 0.571. The fourth-order valence-electron chi connectivity index (χ4n) is 3.12. The van der Waals surface area contributed by atoms with Crippen LogP contribution in [0.4, 0.5) is 5.69 Å². The molecule has 4 aromatic rings. The Bertz CT molecular complexity index is 1110. The number of aromatic amines is 1. The lowest BCUT2D eigenvalue weighted by Gasteiger charge is -2.16. The fraction of sp³-hybridized carbons (Fsp3) is 0.111. The lowest BCUT2D eigenvalue weighted by molar-refractivity contribution is 0.417. The molecule has 0 saturated carbocycles. The average molecular weight is 360 g/mol. The highest BCUT2D eigenvalue weighted by Gasteiger charge is 2.20. The lowest BCUT2D eigenvalue weighted by Crippen LogP contribution is -2.28. The van der Waals surface area contributed by atoms with Gasteiger partial charge in [0.15, 0.2) is 5.82 Å². The summed E-state index contributed by atoms with van der Waals surface area (Å²) in [6.45, 7) is 1.00. The van der Waals surface area contributed by atoms with Gasteiger partial charge in [-0.3, -0.25) is 5.10 Å². The number of hydrogen-bond donors (Lipinski definition) is 3. The maximum absolute atomic E-state index is 10.2. The molecular weight excluding hydrogens is 343 g/mol. The molecule has 0 aliphatic carbocycles. The Morgan fingerprint density at radius 2 is 2.04 bits per heavy atom. The Kier molecular flexibility index (Phi) is 4.21. The highest BCUT2D eigenvalue weighted by molar-refractivity contribution is 6.66. The van der Waals surface area contributed by atoms with E-state index in [-0.39, 0.29) is 0 Å². The quantitative estimate of drug-likeness (QED) is 0.471. The number of aromatic nitrogens is 5. The Hall–Kier alpha value is -3.46. The van der Waals surface area contributed by atoms with Crippen molar-refractivity contribution in [3.05, 3.63) is 42.9 Å². The highest BCUT2D eigenvalue weighted by Crippen LogP contribution is 2.34. The average Bonchev–Trinajstić information content (AvgIpc) is 3.21. The third-order valence-corrected chi connectivity index (χ3v) is 4.47. The van der Waals surface area contributed by atoms with Crippen LogP contribution in [0.2, 0.25) is 6.82 Å². The van der Waals surface area contributed by atoms with Crippen LogP contribution in [0.5, 0.6) is 5.75 Å². The monoisotopic (exact) mass is 360 g/mol. The van der Waals surface area contributed by atoms with Gasteiger partial charge in [-0.25, -0.2) is 4.98 Å². The number of nitrogen functional groups attached to an aromatic ring is 1. The second kappa shape index (κ2) is 6.69. The van der Waals surface area contributed by atoms with E-state index in [1.54, 1.807) is 13.9 Å². The predicted molar refractivity (Wildman–Crippen MR) is 105 cm³/mol. The summed E-state index contributed by atoms with van der Waals surface area (Å²) in [5.41, 5.74) is 10.4. The van der Waals surface area contributed by atoms with Crippen molar-refractivity contribution >= 4 is 29.0 Å². The van der Waals surface area contributed by atoms with E-state index in [4.69, 9.17) is 10.5 Å². The van der Waals surface area contributed by atoms with Crippen molar-refractivity contribution < 1.29 is 9.76 Å². The number of fused-ring (bicyclic) bond motifs is 1. The fourth-order valence-corrected chi connectivity index (χ4v) is 3.12. The molecule has 0 aliphatic rings. The molecule has 2 aromatic heterocycles. The molecule has 0 radical (unpaired) electrons. The standard InChI is InChI=1S/C18H17BN6O2/c1-19(26)14-6-12(13(7-17(14)27-2)18-21-9-23-25-18)10-3-4-11-15(20)8-22-24-16(11)5-10/h3-9,26H,1-2H3,(H2,20,24)(H,21,23,25). The van der Waals surface area contributed by atoms with E-state index in [2.05, 4.69) is 25.4 Å². The van der Waals surface area contributed by atoms with E-state index >= 15 is 0 Å². The molecule has 2 heterocycles. The molecule has 0 atom stereocenters. The summed E-state index contributed by atoms with van der Waals surface area (Å²) in [6, 6.07) is 9.50. The van der Waals surface area contributed by atoms with E-state index in [0.717, 1.165) is 22.1 Å². The number of hydrogen-bond acceptors (Lipinski definition) is 7. The van der Waals surface area contributed by atoms with Crippen molar-refractivity contribution in [3.63, 3.8) is 0 Å². The molecule has 0 fully saturated rings. The van der Waals surface area contributed by atoms with E-state index in [1.165, 1.54) is 12.5 Å². The van der Waals surface area contributed by atoms with Crippen molar-refractivity contribution in [1.82, 2.24) is 25.4 Å². The maximum atomic E-state index is 10.2. The SMILES string of the molecule is COc1cc(-c2ncn[nH]2)c(-c2ccc3c(N)cnnc3c2)cc1B(C)O. The Morgan fingerprint density at radius 1 is 1.19 bits per heavy atom. The molecule has 0 bridgehead atoms. The normalized spacial score (nSPS) is 10.9. The van der Waals surface area contributed by atoms with Crippen molar-refractivity contribution in [2.75, 3.05) is 12.8 Å². The molecule has 2 aromatic carbocycles. The molecular formula is C18H17BN6O2. The summed E-state index contributed by atoms with van der Waals surface area (Å²) in [7, 11) is 1.57. The van der Waals surface area contributed by atoms with Gasteiger partial charge < -0.3 is 15.5 Å². The van der Waals surface area contributed by atoms with Gasteiger partial charge in [0, 0.05) is 10.9 Å². The number of H-pyrrole nitrogens is 1. The highest BCUT2D eigenvalue weighted by atomic mass is 16.5. The molecule has 4 rings (SSSR count). The predicted octanol–water partition coefficient (Wildman–Crippen LogP) is 1.49. The van der Waals surface area contributed by atoms with Gasteiger partial charge in [0.25, 0.3) is 0 Å². The maximum Gasteiger partial charge on any atom is 0.324 e. The Labute approximate surface area is 155 Å². The number of benzene rings is 2. The Morgan fingerprint density at radius 3 is 2.74 bits per heavy atom. The zero-order valence-corrected chi connectivity index (χ0v) is 14.8. The van der Waals surface area contributed by atoms with Crippen LogP contribution >= 0.6 is 0 Å². The zero-order chi connectivity index (χ0) is 19.0. The first-order chi connectivity index (χ1) is 13.1. The molecule has 27 heavy (non-hydrogen) atoms. The van der Waals surface area contributed by atoms with Crippen molar-refractivity contribution in [3.8, 4) is 28.3 Å². The van der Waals surface area contributed by atoms with Gasteiger partial charge in [-0.2, -0.15) is 15.3 Å². The first kappa shape index (κ1) is 17.0. The van der Waals surface area contributed by atoms with Gasteiger partial charge in [-0.1, -0.05) is 19.0 Å². The number of nitrogens with zero attached hydrogens (tertiary/aromatic N) is 4. The van der Waals surface area contributed by atoms with E-state index in [9.17, 15) is 5.02 Å². The molecule has 8 nitrogen and oxygen atoms in total. The third kappa shape index (κ3) is 2.98. The molecule has 9 heteroatoms. The van der Waals surface area contributed by atoms with Crippen LogP contribution in [0.25, 0.3) is 33.4 Å². The molecule has 0 saturated heterocycles. The number of ether oxygens (including phenoxy) is 1. The first-order valence-corrected chi connectivity index (χ1v) is 8.35. The van der Waals surface area contributed by atoms with Crippen molar-refractivity contribution in [1.29, 1.82) is 0 Å². The molecule has 0 aliphatic heterocycles. The van der Waals surface area contributed by atoms with Crippen molar-refractivity contribution in [2.45, 2.75) is 6.82 Å². The smallest absolute Gasteiger partial charge is 0.324 e. The molecule has 0 spiro atoms. The lowest BCUT2D eigenvalue weighted by atomic mass is 9.63. The summed E-state index contributed by atoms with van der Waals surface area (Å²) >= 11 is 0. The van der Waals surface area contributed by atoms with E-state index in [1.807, 2.05) is 30.3 Å².